The van der Waals surface area contributed by atoms with E-state index in [1.165, 1.54) is 0 Å². The highest BCUT2D eigenvalue weighted by Gasteiger charge is 2.38. The Morgan fingerprint density at radius 1 is 1.27 bits per heavy atom. The van der Waals surface area contributed by atoms with Crippen molar-refractivity contribution in [2.24, 2.45) is 5.92 Å². The first-order valence-electron chi connectivity index (χ1n) is 5.04. The zero-order valence-corrected chi connectivity index (χ0v) is 8.46. The summed E-state index contributed by atoms with van der Waals surface area (Å²) in [4.78, 5) is 0.537. The van der Waals surface area contributed by atoms with Crippen molar-refractivity contribution >= 4 is 0 Å². The summed E-state index contributed by atoms with van der Waals surface area (Å²) in [5.41, 5.74) is 0. The first-order chi connectivity index (χ1) is 7.04. The Morgan fingerprint density at radius 3 is 2.33 bits per heavy atom. The van der Waals surface area contributed by atoms with Crippen molar-refractivity contribution in [3.63, 3.8) is 0 Å². The summed E-state index contributed by atoms with van der Waals surface area (Å²) in [6, 6.07) is 0. The first kappa shape index (κ1) is 12.7. The van der Waals surface area contributed by atoms with Crippen molar-refractivity contribution in [2.45, 2.75) is 19.1 Å². The van der Waals surface area contributed by atoms with E-state index >= 15 is 0 Å². The van der Waals surface area contributed by atoms with Gasteiger partial charge in [-0.1, -0.05) is 0 Å². The second-order valence-electron chi connectivity index (χ2n) is 3.70. The van der Waals surface area contributed by atoms with Gasteiger partial charge in [0, 0.05) is 19.7 Å². The van der Waals surface area contributed by atoms with Crippen molar-refractivity contribution in [1.82, 2.24) is 4.90 Å². The second-order valence-corrected chi connectivity index (χ2v) is 3.70. The van der Waals surface area contributed by atoms with Gasteiger partial charge in [-0.05, 0) is 18.8 Å². The van der Waals surface area contributed by atoms with Crippen LogP contribution in [0.1, 0.15) is 12.8 Å². The SMILES string of the molecule is OCCOCC1CCN(C(F)(F)F)CC1. The summed E-state index contributed by atoms with van der Waals surface area (Å²) in [6.45, 7) is 0.778. The molecule has 1 fully saturated rings. The highest BCUT2D eigenvalue weighted by Crippen LogP contribution is 2.27. The largest absolute Gasteiger partial charge is 0.459 e. The predicted molar refractivity (Wildman–Crippen MR) is 48.3 cm³/mol. The number of rotatable bonds is 4. The lowest BCUT2D eigenvalue weighted by Crippen LogP contribution is -2.44. The standard InChI is InChI=1S/C9H16F3NO2/c10-9(11,12)13-3-1-8(2-4-13)7-15-6-5-14/h8,14H,1-7H2. The molecule has 0 aromatic heterocycles. The van der Waals surface area contributed by atoms with Gasteiger partial charge in [0.25, 0.3) is 0 Å². The topological polar surface area (TPSA) is 32.7 Å². The molecule has 0 spiro atoms. The molecule has 0 aromatic carbocycles. The highest BCUT2D eigenvalue weighted by atomic mass is 19.4. The molecule has 0 aromatic rings. The highest BCUT2D eigenvalue weighted by molar-refractivity contribution is 4.73. The Labute approximate surface area is 86.8 Å². The number of hydrogen-bond donors (Lipinski definition) is 1. The molecule has 3 nitrogen and oxygen atoms in total. The summed E-state index contributed by atoms with van der Waals surface area (Å²) in [7, 11) is 0. The summed E-state index contributed by atoms with van der Waals surface area (Å²) in [5, 5.41) is 8.46. The molecule has 1 rings (SSSR count). The lowest BCUT2D eigenvalue weighted by molar-refractivity contribution is -0.252. The van der Waals surface area contributed by atoms with E-state index < -0.39 is 6.30 Å². The van der Waals surface area contributed by atoms with Crippen molar-refractivity contribution in [1.29, 1.82) is 0 Å². The van der Waals surface area contributed by atoms with Crippen LogP contribution in [0, 0.1) is 5.92 Å². The molecule has 1 aliphatic heterocycles. The normalized spacial score (nSPS) is 20.8. The van der Waals surface area contributed by atoms with E-state index in [-0.39, 0.29) is 32.2 Å². The number of nitrogens with zero attached hydrogens (tertiary/aromatic N) is 1. The molecule has 15 heavy (non-hydrogen) atoms. The number of aliphatic hydroxyl groups excluding tert-OH is 1. The van der Waals surface area contributed by atoms with Gasteiger partial charge in [0.15, 0.2) is 0 Å². The number of aliphatic hydroxyl groups is 1. The van der Waals surface area contributed by atoms with Crippen molar-refractivity contribution < 1.29 is 23.0 Å². The zero-order chi connectivity index (χ0) is 11.3. The van der Waals surface area contributed by atoms with Gasteiger partial charge < -0.3 is 9.84 Å². The lowest BCUT2D eigenvalue weighted by Gasteiger charge is -2.32. The smallest absolute Gasteiger partial charge is 0.394 e. The number of piperidine rings is 1. The van der Waals surface area contributed by atoms with Crippen LogP contribution in [0.3, 0.4) is 0 Å². The number of alkyl halides is 3. The number of halogens is 3. The van der Waals surface area contributed by atoms with Gasteiger partial charge in [-0.3, -0.25) is 0 Å². The third-order valence-corrected chi connectivity index (χ3v) is 2.56. The van der Waals surface area contributed by atoms with Crippen LogP contribution in [0.25, 0.3) is 0 Å². The molecule has 0 bridgehead atoms. The Kier molecular flexibility index (Phi) is 4.82. The van der Waals surface area contributed by atoms with Gasteiger partial charge >= 0.3 is 6.30 Å². The molecule has 1 saturated heterocycles. The van der Waals surface area contributed by atoms with Crippen molar-refractivity contribution in [2.75, 3.05) is 32.9 Å². The third kappa shape index (κ3) is 4.36. The Bertz CT molecular complexity index is 179. The molecular formula is C9H16F3NO2. The van der Waals surface area contributed by atoms with Gasteiger partial charge in [-0.25, -0.2) is 4.90 Å². The van der Waals surface area contributed by atoms with Crippen molar-refractivity contribution in [3.8, 4) is 0 Å². The Hall–Kier alpha value is -0.330. The van der Waals surface area contributed by atoms with Crippen molar-refractivity contribution in [3.05, 3.63) is 0 Å². The quantitative estimate of drug-likeness (QED) is 0.579. The van der Waals surface area contributed by atoms with E-state index in [1.807, 2.05) is 0 Å². The molecule has 0 saturated carbocycles. The van der Waals surface area contributed by atoms with E-state index in [0.29, 0.717) is 24.3 Å². The average Bonchev–Trinajstić information content (AvgIpc) is 2.18. The van der Waals surface area contributed by atoms with Gasteiger partial charge in [0.05, 0.1) is 13.2 Å². The minimum Gasteiger partial charge on any atom is -0.394 e. The number of ether oxygens (including phenoxy) is 1. The first-order valence-corrected chi connectivity index (χ1v) is 5.04. The van der Waals surface area contributed by atoms with Crippen LogP contribution in [-0.2, 0) is 4.74 Å². The van der Waals surface area contributed by atoms with E-state index in [1.54, 1.807) is 0 Å². The lowest BCUT2D eigenvalue weighted by atomic mass is 9.98. The molecule has 0 radical (unpaired) electrons. The molecule has 0 atom stereocenters. The molecule has 1 heterocycles. The van der Waals surface area contributed by atoms with Gasteiger partial charge in [0.1, 0.15) is 0 Å². The summed E-state index contributed by atoms with van der Waals surface area (Å²) < 4.78 is 41.8. The third-order valence-electron chi connectivity index (χ3n) is 2.56. The average molecular weight is 227 g/mol. The monoisotopic (exact) mass is 227 g/mol. The van der Waals surface area contributed by atoms with Crippen LogP contribution in [0.5, 0.6) is 0 Å². The minimum absolute atomic E-state index is 0.0403. The fourth-order valence-electron chi connectivity index (χ4n) is 1.67. The van der Waals surface area contributed by atoms with Gasteiger partial charge in [-0.2, -0.15) is 13.2 Å². The van der Waals surface area contributed by atoms with Crippen LogP contribution in [0.4, 0.5) is 13.2 Å². The fourth-order valence-corrected chi connectivity index (χ4v) is 1.67. The second kappa shape index (κ2) is 5.67. The summed E-state index contributed by atoms with van der Waals surface area (Å²) in [5.74, 6) is 0.190. The zero-order valence-electron chi connectivity index (χ0n) is 8.46. The van der Waals surface area contributed by atoms with Crippen LogP contribution >= 0.6 is 0 Å². The maximum Gasteiger partial charge on any atom is 0.459 e. The number of likely N-dealkylation sites (tertiary alicyclic amines) is 1. The van der Waals surface area contributed by atoms with E-state index in [9.17, 15) is 13.2 Å². The summed E-state index contributed by atoms with van der Waals surface area (Å²) in [6.07, 6.45) is -3.19. The van der Waals surface area contributed by atoms with Crippen LogP contribution in [0.2, 0.25) is 0 Å². The Balaban J connectivity index is 2.18. The molecule has 6 heteroatoms. The molecule has 0 aliphatic carbocycles. The maximum absolute atomic E-state index is 12.2. The van der Waals surface area contributed by atoms with Gasteiger partial charge in [-0.15, -0.1) is 0 Å². The fraction of sp³-hybridized carbons (Fsp3) is 1.00. The van der Waals surface area contributed by atoms with E-state index in [4.69, 9.17) is 9.84 Å². The predicted octanol–water partition coefficient (Wildman–Crippen LogP) is 1.23. The molecule has 0 unspecified atom stereocenters. The van der Waals surface area contributed by atoms with Gasteiger partial charge in [0.2, 0.25) is 0 Å². The van der Waals surface area contributed by atoms with Crippen LogP contribution < -0.4 is 0 Å². The number of hydrogen-bond acceptors (Lipinski definition) is 3. The minimum atomic E-state index is -4.20. The molecule has 1 N–H and O–H groups in total. The molecule has 90 valence electrons. The van der Waals surface area contributed by atoms with E-state index in [0.717, 1.165) is 0 Å². The molecular weight excluding hydrogens is 211 g/mol. The van der Waals surface area contributed by atoms with Crippen LogP contribution in [0.15, 0.2) is 0 Å². The molecule has 0 amide bonds. The Morgan fingerprint density at radius 2 is 1.87 bits per heavy atom. The van der Waals surface area contributed by atoms with E-state index in [2.05, 4.69) is 0 Å². The van der Waals surface area contributed by atoms with Crippen LogP contribution in [-0.4, -0.2) is 49.2 Å². The molecule has 1 aliphatic rings. The summed E-state index contributed by atoms with van der Waals surface area (Å²) >= 11 is 0. The maximum atomic E-state index is 12.2.